The van der Waals surface area contributed by atoms with E-state index in [1.54, 1.807) is 6.92 Å². The summed E-state index contributed by atoms with van der Waals surface area (Å²) in [6.45, 7) is 6.53. The summed E-state index contributed by atoms with van der Waals surface area (Å²) in [7, 11) is 0. The Hall–Kier alpha value is -1.10. The lowest BCUT2D eigenvalue weighted by Crippen LogP contribution is -2.45. The molecular formula is C17H25ClN2O2. The number of likely N-dealkylation sites (tertiary alicyclic amines) is 1. The number of hydrogen-bond acceptors (Lipinski definition) is 3. The molecule has 122 valence electrons. The van der Waals surface area contributed by atoms with Crippen LogP contribution in [0.1, 0.15) is 38.7 Å². The van der Waals surface area contributed by atoms with Crippen LogP contribution in [0, 0.1) is 6.92 Å². The Labute approximate surface area is 137 Å². The molecule has 1 fully saturated rings. The van der Waals surface area contributed by atoms with Gasteiger partial charge in [-0.2, -0.15) is 0 Å². The molecule has 0 spiro atoms. The number of nitrogens with one attached hydrogen (secondary N) is 1. The first-order chi connectivity index (χ1) is 10.4. The first-order valence-electron chi connectivity index (χ1n) is 7.90. The number of aliphatic hydroxyl groups is 1. The van der Waals surface area contributed by atoms with Gasteiger partial charge < -0.3 is 10.4 Å². The third kappa shape index (κ3) is 4.00. The predicted octanol–water partition coefficient (Wildman–Crippen LogP) is 3.21. The van der Waals surface area contributed by atoms with Crippen LogP contribution in [0.4, 0.5) is 5.69 Å². The molecule has 0 aromatic heterocycles. The maximum absolute atomic E-state index is 12.5. The fourth-order valence-corrected chi connectivity index (χ4v) is 3.32. The third-order valence-electron chi connectivity index (χ3n) is 4.44. The number of halogens is 1. The van der Waals surface area contributed by atoms with E-state index in [1.165, 1.54) is 0 Å². The Morgan fingerprint density at radius 2 is 2.23 bits per heavy atom. The number of hydrogen-bond donors (Lipinski definition) is 2. The average molecular weight is 325 g/mol. The lowest BCUT2D eigenvalue weighted by Gasteiger charge is -2.30. The average Bonchev–Trinajstić information content (AvgIpc) is 2.90. The molecule has 3 unspecified atom stereocenters. The number of anilines is 1. The largest absolute Gasteiger partial charge is 0.393 e. The van der Waals surface area contributed by atoms with Crippen LogP contribution in [0.2, 0.25) is 5.02 Å². The van der Waals surface area contributed by atoms with Crippen molar-refractivity contribution < 1.29 is 9.90 Å². The van der Waals surface area contributed by atoms with Crippen molar-refractivity contribution in [3.05, 3.63) is 28.8 Å². The first-order valence-corrected chi connectivity index (χ1v) is 8.27. The van der Waals surface area contributed by atoms with Crippen LogP contribution in [-0.2, 0) is 4.79 Å². The molecule has 0 aliphatic carbocycles. The molecule has 4 nitrogen and oxygen atoms in total. The van der Waals surface area contributed by atoms with Crippen molar-refractivity contribution in [2.45, 2.75) is 58.2 Å². The van der Waals surface area contributed by atoms with Crippen LogP contribution < -0.4 is 5.32 Å². The van der Waals surface area contributed by atoms with Crippen molar-refractivity contribution in [3.8, 4) is 0 Å². The normalized spacial score (nSPS) is 21.6. The van der Waals surface area contributed by atoms with Gasteiger partial charge in [0, 0.05) is 16.8 Å². The smallest absolute Gasteiger partial charge is 0.241 e. The van der Waals surface area contributed by atoms with Crippen molar-refractivity contribution in [2.24, 2.45) is 0 Å². The zero-order valence-corrected chi connectivity index (χ0v) is 14.2. The van der Waals surface area contributed by atoms with Crippen LogP contribution in [0.15, 0.2) is 18.2 Å². The number of nitrogens with zero attached hydrogens (tertiary/aromatic N) is 1. The molecule has 1 heterocycles. The Kier molecular flexibility index (Phi) is 5.84. The van der Waals surface area contributed by atoms with Gasteiger partial charge >= 0.3 is 0 Å². The number of rotatable bonds is 5. The summed E-state index contributed by atoms with van der Waals surface area (Å²) in [5, 5.41) is 13.2. The standard InChI is InChI=1S/C17H25ClN2O2/c1-11(21)10-14-6-5-9-20(14)13(3)17(22)19-16-8-4-7-15(18)12(16)2/h4,7-8,11,13-14,21H,5-6,9-10H2,1-3H3,(H,19,22). The lowest BCUT2D eigenvalue weighted by atomic mass is 10.1. The van der Waals surface area contributed by atoms with Gasteiger partial charge in [0.1, 0.15) is 0 Å². The molecule has 5 heteroatoms. The zero-order valence-electron chi connectivity index (χ0n) is 13.5. The highest BCUT2D eigenvalue weighted by atomic mass is 35.5. The zero-order chi connectivity index (χ0) is 16.3. The highest BCUT2D eigenvalue weighted by Gasteiger charge is 2.32. The third-order valence-corrected chi connectivity index (χ3v) is 4.85. The number of aliphatic hydroxyl groups excluding tert-OH is 1. The molecule has 0 saturated carbocycles. The fraction of sp³-hybridized carbons (Fsp3) is 0.588. The van der Waals surface area contributed by atoms with Gasteiger partial charge in [-0.05, 0) is 64.3 Å². The topological polar surface area (TPSA) is 52.6 Å². The monoisotopic (exact) mass is 324 g/mol. The van der Waals surface area contributed by atoms with Gasteiger partial charge in [-0.1, -0.05) is 17.7 Å². The molecule has 1 aliphatic rings. The molecule has 1 amide bonds. The van der Waals surface area contributed by atoms with Crippen LogP contribution in [0.3, 0.4) is 0 Å². The second-order valence-corrected chi connectivity index (χ2v) is 6.60. The Balaban J connectivity index is 2.04. The molecule has 1 saturated heterocycles. The molecule has 1 aliphatic heterocycles. The van der Waals surface area contributed by atoms with Crippen LogP contribution >= 0.6 is 11.6 Å². The molecule has 3 atom stereocenters. The quantitative estimate of drug-likeness (QED) is 0.874. The summed E-state index contributed by atoms with van der Waals surface area (Å²) in [5.41, 5.74) is 1.64. The molecule has 22 heavy (non-hydrogen) atoms. The summed E-state index contributed by atoms with van der Waals surface area (Å²) >= 11 is 6.09. The molecule has 0 bridgehead atoms. The molecule has 1 aromatic carbocycles. The summed E-state index contributed by atoms with van der Waals surface area (Å²) in [5.74, 6) is -0.0251. The van der Waals surface area contributed by atoms with E-state index in [9.17, 15) is 9.90 Å². The van der Waals surface area contributed by atoms with E-state index >= 15 is 0 Å². The minimum absolute atomic E-state index is 0.0251. The van der Waals surface area contributed by atoms with Gasteiger partial charge in [-0.15, -0.1) is 0 Å². The van der Waals surface area contributed by atoms with Gasteiger partial charge in [0.25, 0.3) is 0 Å². The van der Waals surface area contributed by atoms with Crippen molar-refractivity contribution in [1.82, 2.24) is 4.90 Å². The van der Waals surface area contributed by atoms with E-state index in [-0.39, 0.29) is 24.1 Å². The SMILES string of the molecule is Cc1c(Cl)cccc1NC(=O)C(C)N1CCCC1CC(C)O. The molecule has 2 N–H and O–H groups in total. The Morgan fingerprint density at radius 3 is 2.91 bits per heavy atom. The second-order valence-electron chi connectivity index (χ2n) is 6.20. The number of carbonyl (C=O) groups excluding carboxylic acids is 1. The van der Waals surface area contributed by atoms with Crippen molar-refractivity contribution in [3.63, 3.8) is 0 Å². The fourth-order valence-electron chi connectivity index (χ4n) is 3.15. The Bertz CT molecular complexity index is 533. The lowest BCUT2D eigenvalue weighted by molar-refractivity contribution is -0.121. The van der Waals surface area contributed by atoms with E-state index in [0.717, 1.165) is 30.6 Å². The number of carbonyl (C=O) groups is 1. The second kappa shape index (κ2) is 7.44. The van der Waals surface area contributed by atoms with Gasteiger partial charge in [0.05, 0.1) is 12.1 Å². The maximum Gasteiger partial charge on any atom is 0.241 e. The van der Waals surface area contributed by atoms with Crippen LogP contribution in [-0.4, -0.2) is 40.6 Å². The Morgan fingerprint density at radius 1 is 1.50 bits per heavy atom. The molecule has 1 aromatic rings. The summed E-state index contributed by atoms with van der Waals surface area (Å²) < 4.78 is 0. The van der Waals surface area contributed by atoms with E-state index in [2.05, 4.69) is 10.2 Å². The van der Waals surface area contributed by atoms with Gasteiger partial charge in [-0.3, -0.25) is 9.69 Å². The highest BCUT2D eigenvalue weighted by molar-refractivity contribution is 6.31. The van der Waals surface area contributed by atoms with Crippen LogP contribution in [0.25, 0.3) is 0 Å². The number of amides is 1. The minimum atomic E-state index is -0.337. The van der Waals surface area contributed by atoms with Gasteiger partial charge in [0.15, 0.2) is 0 Å². The summed E-state index contributed by atoms with van der Waals surface area (Å²) in [6.07, 6.45) is 2.49. The van der Waals surface area contributed by atoms with Crippen molar-refractivity contribution >= 4 is 23.2 Å². The van der Waals surface area contributed by atoms with E-state index in [0.29, 0.717) is 11.4 Å². The van der Waals surface area contributed by atoms with Gasteiger partial charge in [-0.25, -0.2) is 0 Å². The van der Waals surface area contributed by atoms with Gasteiger partial charge in [0.2, 0.25) is 5.91 Å². The van der Waals surface area contributed by atoms with Crippen LogP contribution in [0.5, 0.6) is 0 Å². The van der Waals surface area contributed by atoms with E-state index in [4.69, 9.17) is 11.6 Å². The first kappa shape index (κ1) is 17.3. The van der Waals surface area contributed by atoms with Crippen molar-refractivity contribution in [1.29, 1.82) is 0 Å². The highest BCUT2D eigenvalue weighted by Crippen LogP contribution is 2.26. The summed E-state index contributed by atoms with van der Waals surface area (Å²) in [4.78, 5) is 14.7. The predicted molar refractivity (Wildman–Crippen MR) is 90.3 cm³/mol. The minimum Gasteiger partial charge on any atom is -0.393 e. The van der Waals surface area contributed by atoms with Crippen molar-refractivity contribution in [2.75, 3.05) is 11.9 Å². The van der Waals surface area contributed by atoms with E-state index in [1.807, 2.05) is 32.0 Å². The molecule has 0 radical (unpaired) electrons. The summed E-state index contributed by atoms with van der Waals surface area (Å²) in [6, 6.07) is 5.57. The number of benzene rings is 1. The molecular weight excluding hydrogens is 300 g/mol. The van der Waals surface area contributed by atoms with E-state index < -0.39 is 0 Å². The maximum atomic E-state index is 12.5. The molecule has 2 rings (SSSR count).